The average molecular weight is 182 g/mol. The second-order valence-corrected chi connectivity index (χ2v) is 4.86. The number of allylic oxidation sites excluding steroid dienone is 1. The summed E-state index contributed by atoms with van der Waals surface area (Å²) < 4.78 is 0. The second kappa shape index (κ2) is 2.91. The van der Waals surface area contributed by atoms with E-state index in [0.717, 1.165) is 0 Å². The first kappa shape index (κ1) is 8.36. The van der Waals surface area contributed by atoms with Crippen LogP contribution >= 0.6 is 11.8 Å². The van der Waals surface area contributed by atoms with Crippen LogP contribution in [-0.4, -0.2) is 5.12 Å². The fourth-order valence-corrected chi connectivity index (χ4v) is 3.45. The van der Waals surface area contributed by atoms with Gasteiger partial charge in [0.1, 0.15) is 0 Å². The zero-order valence-electron chi connectivity index (χ0n) is 7.54. The maximum atomic E-state index is 11.6. The molecule has 1 heterocycles. The number of hydrogen-bond acceptors (Lipinski definition) is 2. The molecule has 0 N–H and O–H groups in total. The number of fused-ring (bicyclic) bond motifs is 1. The molecule has 0 unspecified atom stereocenters. The van der Waals surface area contributed by atoms with E-state index >= 15 is 0 Å². The van der Waals surface area contributed by atoms with Gasteiger partial charge in [-0.15, -0.1) is 0 Å². The van der Waals surface area contributed by atoms with E-state index in [9.17, 15) is 4.79 Å². The lowest BCUT2D eigenvalue weighted by Crippen LogP contribution is -2.24. The van der Waals surface area contributed by atoms with Crippen LogP contribution in [0.15, 0.2) is 11.0 Å². The minimum atomic E-state index is 0.333. The predicted molar refractivity (Wildman–Crippen MR) is 51.7 cm³/mol. The monoisotopic (exact) mass is 182 g/mol. The highest BCUT2D eigenvalue weighted by molar-refractivity contribution is 8.16. The molecule has 3 atom stereocenters. The van der Waals surface area contributed by atoms with Crippen molar-refractivity contribution >= 4 is 16.9 Å². The van der Waals surface area contributed by atoms with Crippen molar-refractivity contribution in [2.75, 3.05) is 0 Å². The van der Waals surface area contributed by atoms with Gasteiger partial charge in [-0.25, -0.2) is 0 Å². The maximum absolute atomic E-state index is 11.6. The van der Waals surface area contributed by atoms with E-state index in [1.54, 1.807) is 0 Å². The summed E-state index contributed by atoms with van der Waals surface area (Å²) in [6.07, 6.45) is 2.45. The molecule has 2 rings (SSSR count). The van der Waals surface area contributed by atoms with E-state index in [1.165, 1.54) is 30.2 Å². The normalized spacial score (nSPS) is 41.0. The molecule has 2 heteroatoms. The van der Waals surface area contributed by atoms with Gasteiger partial charge in [0.25, 0.3) is 0 Å². The first-order valence-electron chi connectivity index (χ1n) is 4.57. The molecule has 0 aromatic rings. The Kier molecular flexibility index (Phi) is 2.03. The molecule has 1 aliphatic heterocycles. The van der Waals surface area contributed by atoms with Crippen LogP contribution in [0.3, 0.4) is 0 Å². The summed E-state index contributed by atoms with van der Waals surface area (Å²) >= 11 is 1.41. The smallest absolute Gasteiger partial charge is 0.197 e. The zero-order chi connectivity index (χ0) is 8.72. The summed E-state index contributed by atoms with van der Waals surface area (Å²) in [5.74, 6) is 1.52. The Bertz CT molecular complexity index is 244. The van der Waals surface area contributed by atoms with Crippen molar-refractivity contribution in [2.45, 2.75) is 26.7 Å². The van der Waals surface area contributed by atoms with Crippen LogP contribution in [0.1, 0.15) is 26.7 Å². The van der Waals surface area contributed by atoms with Gasteiger partial charge in [0.2, 0.25) is 0 Å². The molecule has 0 spiro atoms. The molecule has 1 nitrogen and oxygen atoms in total. The van der Waals surface area contributed by atoms with Crippen molar-refractivity contribution in [1.82, 2.24) is 0 Å². The SMILES string of the molecule is CC1=CSC(=O)[C@H]2[C@@H]1CC[C@@H]2C. The lowest BCUT2D eigenvalue weighted by Gasteiger charge is -2.25. The molecule has 0 radical (unpaired) electrons. The Morgan fingerprint density at radius 2 is 2.25 bits per heavy atom. The molecule has 0 saturated heterocycles. The van der Waals surface area contributed by atoms with Crippen LogP contribution < -0.4 is 0 Å². The van der Waals surface area contributed by atoms with Gasteiger partial charge in [-0.2, -0.15) is 0 Å². The maximum Gasteiger partial charge on any atom is 0.197 e. The molecule has 1 fully saturated rings. The van der Waals surface area contributed by atoms with Gasteiger partial charge < -0.3 is 0 Å². The number of hydrogen-bond donors (Lipinski definition) is 0. The molecule has 0 amide bonds. The summed E-state index contributed by atoms with van der Waals surface area (Å²) in [4.78, 5) is 11.6. The highest BCUT2D eigenvalue weighted by Crippen LogP contribution is 2.46. The van der Waals surface area contributed by atoms with Crippen molar-refractivity contribution in [3.05, 3.63) is 11.0 Å². The van der Waals surface area contributed by atoms with E-state index in [4.69, 9.17) is 0 Å². The Morgan fingerprint density at radius 3 is 2.92 bits per heavy atom. The van der Waals surface area contributed by atoms with E-state index in [2.05, 4.69) is 13.8 Å². The third kappa shape index (κ3) is 1.13. The molecule has 0 aromatic carbocycles. The lowest BCUT2D eigenvalue weighted by molar-refractivity contribution is -0.116. The molecular weight excluding hydrogens is 168 g/mol. The second-order valence-electron chi connectivity index (χ2n) is 3.99. The Hall–Kier alpha value is -0.240. The van der Waals surface area contributed by atoms with Gasteiger partial charge in [0, 0.05) is 5.92 Å². The highest BCUT2D eigenvalue weighted by Gasteiger charge is 2.41. The number of carbonyl (C=O) groups excluding carboxylic acids is 1. The molecule has 0 aromatic heterocycles. The van der Waals surface area contributed by atoms with E-state index in [0.29, 0.717) is 22.9 Å². The van der Waals surface area contributed by atoms with Crippen LogP contribution in [-0.2, 0) is 4.79 Å². The van der Waals surface area contributed by atoms with E-state index in [1.807, 2.05) is 5.41 Å². The number of rotatable bonds is 0. The molecule has 2 aliphatic rings. The van der Waals surface area contributed by atoms with E-state index < -0.39 is 0 Å². The largest absolute Gasteiger partial charge is 0.287 e. The molecule has 0 bridgehead atoms. The van der Waals surface area contributed by atoms with Gasteiger partial charge in [-0.1, -0.05) is 24.3 Å². The van der Waals surface area contributed by atoms with Crippen molar-refractivity contribution in [1.29, 1.82) is 0 Å². The predicted octanol–water partition coefficient (Wildman–Crippen LogP) is 2.83. The number of carbonyl (C=O) groups is 1. The van der Waals surface area contributed by atoms with Gasteiger partial charge in [-0.3, -0.25) is 4.79 Å². The molecular formula is C10H14OS. The van der Waals surface area contributed by atoms with Crippen LogP contribution in [0.25, 0.3) is 0 Å². The first-order chi connectivity index (χ1) is 5.70. The third-order valence-electron chi connectivity index (χ3n) is 3.20. The summed E-state index contributed by atoms with van der Waals surface area (Å²) in [5.41, 5.74) is 1.42. The summed E-state index contributed by atoms with van der Waals surface area (Å²) in [6.45, 7) is 4.37. The van der Waals surface area contributed by atoms with Crippen LogP contribution in [0.2, 0.25) is 0 Å². The molecule has 1 aliphatic carbocycles. The minimum absolute atomic E-state index is 0.333. The van der Waals surface area contributed by atoms with Crippen LogP contribution in [0.5, 0.6) is 0 Å². The van der Waals surface area contributed by atoms with Crippen molar-refractivity contribution in [3.8, 4) is 0 Å². The fourth-order valence-electron chi connectivity index (χ4n) is 2.42. The molecule has 12 heavy (non-hydrogen) atoms. The lowest BCUT2D eigenvalue weighted by atomic mass is 9.87. The van der Waals surface area contributed by atoms with Gasteiger partial charge in [-0.05, 0) is 37.0 Å². The third-order valence-corrected chi connectivity index (χ3v) is 4.19. The average Bonchev–Trinajstić information content (AvgIpc) is 2.42. The quantitative estimate of drug-likeness (QED) is 0.573. The summed E-state index contributed by atoms with van der Waals surface area (Å²) in [7, 11) is 0. The van der Waals surface area contributed by atoms with Gasteiger partial charge >= 0.3 is 0 Å². The highest BCUT2D eigenvalue weighted by atomic mass is 32.2. The van der Waals surface area contributed by atoms with Gasteiger partial charge in [0.15, 0.2) is 5.12 Å². The molecule has 66 valence electrons. The van der Waals surface area contributed by atoms with E-state index in [-0.39, 0.29) is 0 Å². The first-order valence-corrected chi connectivity index (χ1v) is 5.45. The van der Waals surface area contributed by atoms with Crippen LogP contribution in [0, 0.1) is 17.8 Å². The topological polar surface area (TPSA) is 17.1 Å². The summed E-state index contributed by atoms with van der Waals surface area (Å²) in [5, 5.41) is 2.44. The van der Waals surface area contributed by atoms with Crippen molar-refractivity contribution in [2.24, 2.45) is 17.8 Å². The Labute approximate surface area is 77.6 Å². The zero-order valence-corrected chi connectivity index (χ0v) is 8.36. The fraction of sp³-hybridized carbons (Fsp3) is 0.700. The van der Waals surface area contributed by atoms with Crippen LogP contribution in [0.4, 0.5) is 0 Å². The Morgan fingerprint density at radius 1 is 1.50 bits per heavy atom. The van der Waals surface area contributed by atoms with Crippen molar-refractivity contribution < 1.29 is 4.79 Å². The minimum Gasteiger partial charge on any atom is -0.287 e. The Balaban J connectivity index is 2.29. The standard InChI is InChI=1S/C10H14OS/c1-6-3-4-8-7(2)5-12-10(11)9(6)8/h5-6,8-9H,3-4H2,1-2H3/t6-,8+,9+/m0/s1. The van der Waals surface area contributed by atoms with Crippen molar-refractivity contribution in [3.63, 3.8) is 0 Å². The summed E-state index contributed by atoms with van der Waals surface area (Å²) in [6, 6.07) is 0. The molecule has 1 saturated carbocycles. The number of thioether (sulfide) groups is 1. The van der Waals surface area contributed by atoms with Gasteiger partial charge in [0.05, 0.1) is 0 Å².